The molecule has 1 N–H and O–H groups in total. The SMILES string of the molecule is CN=C(NCC(C1CC1)N(C)C)N1CCC(c2cnn(C)c2)C1.I. The Hall–Kier alpha value is -0.830. The second-order valence-electron chi connectivity index (χ2n) is 7.18. The number of rotatable bonds is 5. The van der Waals surface area contributed by atoms with Crippen molar-refractivity contribution in [2.45, 2.75) is 31.2 Å². The van der Waals surface area contributed by atoms with Gasteiger partial charge < -0.3 is 15.1 Å². The number of aryl methyl sites for hydroxylation is 1. The zero-order valence-electron chi connectivity index (χ0n) is 15.3. The van der Waals surface area contributed by atoms with Crippen molar-refractivity contribution in [3.05, 3.63) is 18.0 Å². The monoisotopic (exact) mass is 446 g/mol. The Bertz CT molecular complexity index is 549. The van der Waals surface area contributed by atoms with E-state index in [2.05, 4.69) is 45.5 Å². The van der Waals surface area contributed by atoms with Crippen molar-refractivity contribution >= 4 is 29.9 Å². The number of aliphatic imine (C=N–C) groups is 1. The van der Waals surface area contributed by atoms with Crippen molar-refractivity contribution in [2.24, 2.45) is 18.0 Å². The molecule has 2 aliphatic rings. The van der Waals surface area contributed by atoms with Gasteiger partial charge in [0.15, 0.2) is 5.96 Å². The number of nitrogens with one attached hydrogen (secondary N) is 1. The molecule has 2 unspecified atom stereocenters. The van der Waals surface area contributed by atoms with Crippen molar-refractivity contribution in [3.63, 3.8) is 0 Å². The Morgan fingerprint density at radius 2 is 2.17 bits per heavy atom. The molecule has 1 saturated carbocycles. The summed E-state index contributed by atoms with van der Waals surface area (Å²) in [4.78, 5) is 9.24. The first-order chi connectivity index (χ1) is 11.1. The number of halogens is 1. The summed E-state index contributed by atoms with van der Waals surface area (Å²) >= 11 is 0. The van der Waals surface area contributed by atoms with E-state index in [4.69, 9.17) is 0 Å². The highest BCUT2D eigenvalue weighted by Gasteiger charge is 2.33. The maximum Gasteiger partial charge on any atom is 0.193 e. The summed E-state index contributed by atoms with van der Waals surface area (Å²) in [6.45, 7) is 3.08. The average Bonchev–Trinajstić information content (AvgIpc) is 3.06. The van der Waals surface area contributed by atoms with E-state index in [0.717, 1.165) is 31.5 Å². The predicted molar refractivity (Wildman–Crippen MR) is 109 cm³/mol. The van der Waals surface area contributed by atoms with Crippen LogP contribution >= 0.6 is 24.0 Å². The standard InChI is InChI=1S/C17H30N6.HI/c1-18-17(19-10-16(21(2)3)13-5-6-13)23-8-7-14(12-23)15-9-20-22(4)11-15;/h9,11,13-14,16H,5-8,10,12H2,1-4H3,(H,18,19);1H. The molecule has 0 aromatic carbocycles. The van der Waals surface area contributed by atoms with Crippen molar-refractivity contribution in [1.82, 2.24) is 24.9 Å². The van der Waals surface area contributed by atoms with Gasteiger partial charge in [0, 0.05) is 51.9 Å². The summed E-state index contributed by atoms with van der Waals surface area (Å²) in [7, 11) is 8.24. The molecule has 24 heavy (non-hydrogen) atoms. The summed E-state index contributed by atoms with van der Waals surface area (Å²) in [5.74, 6) is 2.47. The highest BCUT2D eigenvalue weighted by Crippen LogP contribution is 2.34. The summed E-state index contributed by atoms with van der Waals surface area (Å²) in [6.07, 6.45) is 8.05. The molecular formula is C17H31IN6. The van der Waals surface area contributed by atoms with Crippen LogP contribution in [0.15, 0.2) is 17.4 Å². The van der Waals surface area contributed by atoms with Gasteiger partial charge in [-0.25, -0.2) is 0 Å². The molecule has 7 heteroatoms. The van der Waals surface area contributed by atoms with Crippen LogP contribution in [-0.4, -0.2) is 72.4 Å². The minimum atomic E-state index is 0. The highest BCUT2D eigenvalue weighted by atomic mass is 127. The first kappa shape index (κ1) is 19.5. The zero-order chi connectivity index (χ0) is 16.4. The molecule has 2 fully saturated rings. The molecule has 3 rings (SSSR count). The van der Waals surface area contributed by atoms with Crippen LogP contribution in [0.1, 0.15) is 30.7 Å². The van der Waals surface area contributed by atoms with E-state index in [9.17, 15) is 0 Å². The maximum atomic E-state index is 4.51. The lowest BCUT2D eigenvalue weighted by Gasteiger charge is -2.28. The Kier molecular flexibility index (Phi) is 6.91. The van der Waals surface area contributed by atoms with E-state index >= 15 is 0 Å². The van der Waals surface area contributed by atoms with Crippen molar-refractivity contribution in [2.75, 3.05) is 40.8 Å². The predicted octanol–water partition coefficient (Wildman–Crippen LogP) is 1.74. The number of likely N-dealkylation sites (tertiary alicyclic amines) is 1. The number of nitrogens with zero attached hydrogens (tertiary/aromatic N) is 5. The zero-order valence-corrected chi connectivity index (χ0v) is 17.6. The Morgan fingerprint density at radius 1 is 1.42 bits per heavy atom. The molecule has 1 aliphatic heterocycles. The average molecular weight is 446 g/mol. The van der Waals surface area contributed by atoms with Gasteiger partial charge in [-0.05, 0) is 44.8 Å². The van der Waals surface area contributed by atoms with Crippen LogP contribution in [0.4, 0.5) is 0 Å². The third-order valence-corrected chi connectivity index (χ3v) is 5.19. The van der Waals surface area contributed by atoms with Crippen molar-refractivity contribution < 1.29 is 0 Å². The van der Waals surface area contributed by atoms with Crippen LogP contribution < -0.4 is 5.32 Å². The fourth-order valence-corrected chi connectivity index (χ4v) is 3.66. The molecule has 1 saturated heterocycles. The van der Waals surface area contributed by atoms with E-state index in [0.29, 0.717) is 12.0 Å². The molecule has 1 aromatic heterocycles. The molecule has 0 radical (unpaired) electrons. The van der Waals surface area contributed by atoms with Crippen LogP contribution in [0, 0.1) is 5.92 Å². The molecule has 0 bridgehead atoms. The van der Waals surface area contributed by atoms with Crippen molar-refractivity contribution in [1.29, 1.82) is 0 Å². The van der Waals surface area contributed by atoms with Gasteiger partial charge in [-0.15, -0.1) is 24.0 Å². The molecule has 2 heterocycles. The quantitative estimate of drug-likeness (QED) is 0.426. The molecule has 136 valence electrons. The van der Waals surface area contributed by atoms with E-state index in [1.165, 1.54) is 24.8 Å². The largest absolute Gasteiger partial charge is 0.355 e. The van der Waals surface area contributed by atoms with Gasteiger partial charge in [0.1, 0.15) is 0 Å². The van der Waals surface area contributed by atoms with Crippen LogP contribution in [0.3, 0.4) is 0 Å². The van der Waals surface area contributed by atoms with Gasteiger partial charge in [0.2, 0.25) is 0 Å². The Labute approximate surface area is 162 Å². The number of likely N-dealkylation sites (N-methyl/N-ethyl adjacent to an activating group) is 1. The molecule has 1 aliphatic carbocycles. The smallest absolute Gasteiger partial charge is 0.193 e. The summed E-state index contributed by atoms with van der Waals surface area (Å²) < 4.78 is 1.89. The fourth-order valence-electron chi connectivity index (χ4n) is 3.66. The third-order valence-electron chi connectivity index (χ3n) is 5.19. The van der Waals surface area contributed by atoms with Gasteiger partial charge in [0.25, 0.3) is 0 Å². The molecule has 0 amide bonds. The van der Waals surface area contributed by atoms with Crippen LogP contribution in [0.25, 0.3) is 0 Å². The molecule has 1 aromatic rings. The second-order valence-corrected chi connectivity index (χ2v) is 7.18. The lowest BCUT2D eigenvalue weighted by atomic mass is 10.0. The summed E-state index contributed by atoms with van der Waals surface area (Å²) in [5.41, 5.74) is 1.34. The van der Waals surface area contributed by atoms with E-state index in [1.54, 1.807) is 0 Å². The van der Waals surface area contributed by atoms with Gasteiger partial charge in [-0.1, -0.05) is 0 Å². The topological polar surface area (TPSA) is 48.7 Å². The van der Waals surface area contributed by atoms with Gasteiger partial charge >= 0.3 is 0 Å². The molecule has 6 nitrogen and oxygen atoms in total. The Balaban J connectivity index is 0.00000208. The van der Waals surface area contributed by atoms with Crippen LogP contribution in [0.2, 0.25) is 0 Å². The number of aromatic nitrogens is 2. The normalized spacial score (nSPS) is 22.6. The summed E-state index contributed by atoms with van der Waals surface area (Å²) in [5, 5.41) is 7.91. The first-order valence-electron chi connectivity index (χ1n) is 8.69. The Morgan fingerprint density at radius 3 is 2.71 bits per heavy atom. The minimum absolute atomic E-state index is 0. The first-order valence-corrected chi connectivity index (χ1v) is 8.69. The second kappa shape index (κ2) is 8.51. The minimum Gasteiger partial charge on any atom is -0.355 e. The fraction of sp³-hybridized carbons (Fsp3) is 0.765. The number of hydrogen-bond acceptors (Lipinski definition) is 3. The van der Waals surface area contributed by atoms with E-state index < -0.39 is 0 Å². The highest BCUT2D eigenvalue weighted by molar-refractivity contribution is 14.0. The maximum absolute atomic E-state index is 4.51. The molecule has 2 atom stereocenters. The van der Waals surface area contributed by atoms with Gasteiger partial charge in [-0.3, -0.25) is 9.67 Å². The van der Waals surface area contributed by atoms with Crippen LogP contribution in [-0.2, 0) is 7.05 Å². The number of guanidine groups is 1. The number of hydrogen-bond donors (Lipinski definition) is 1. The molecule has 0 spiro atoms. The van der Waals surface area contributed by atoms with Gasteiger partial charge in [-0.2, -0.15) is 5.10 Å². The summed E-state index contributed by atoms with van der Waals surface area (Å²) in [6, 6.07) is 0.614. The van der Waals surface area contributed by atoms with E-state index in [1.807, 2.05) is 25.0 Å². The molecular weight excluding hydrogens is 415 g/mol. The van der Waals surface area contributed by atoms with Gasteiger partial charge in [0.05, 0.1) is 6.20 Å². The lowest BCUT2D eigenvalue weighted by Crippen LogP contribution is -2.47. The van der Waals surface area contributed by atoms with E-state index in [-0.39, 0.29) is 24.0 Å². The third kappa shape index (κ3) is 4.62. The van der Waals surface area contributed by atoms with Crippen LogP contribution in [0.5, 0.6) is 0 Å². The lowest BCUT2D eigenvalue weighted by molar-refractivity contribution is 0.262. The van der Waals surface area contributed by atoms with Crippen molar-refractivity contribution in [3.8, 4) is 0 Å².